The average Bonchev–Trinajstić information content (AvgIpc) is 2.64. The van der Waals surface area contributed by atoms with Gasteiger partial charge in [-0.15, -0.1) is 0 Å². The van der Waals surface area contributed by atoms with E-state index in [0.29, 0.717) is 16.8 Å². The third kappa shape index (κ3) is 2.64. The van der Waals surface area contributed by atoms with E-state index in [2.05, 4.69) is 36.8 Å². The van der Waals surface area contributed by atoms with Gasteiger partial charge in [-0.2, -0.15) is 0 Å². The highest BCUT2D eigenvalue weighted by Gasteiger charge is 2.23. The number of aryl methyl sites for hydroxylation is 1. The smallest absolute Gasteiger partial charge is 0.353 e. The molecule has 1 heterocycles. The van der Waals surface area contributed by atoms with Crippen LogP contribution in [0, 0.1) is 6.92 Å². The summed E-state index contributed by atoms with van der Waals surface area (Å²) in [5, 5.41) is 9.02. The van der Waals surface area contributed by atoms with E-state index in [1.54, 1.807) is 25.1 Å². The lowest BCUT2D eigenvalue weighted by Crippen LogP contribution is -2.03. The van der Waals surface area contributed by atoms with Crippen LogP contribution >= 0.6 is 31.9 Å². The van der Waals surface area contributed by atoms with E-state index in [1.165, 1.54) is 0 Å². The molecule has 2 rings (SSSR count). The van der Waals surface area contributed by atoms with Crippen molar-refractivity contribution >= 4 is 43.6 Å². The van der Waals surface area contributed by atoms with Crippen molar-refractivity contribution in [1.29, 1.82) is 0 Å². The maximum absolute atomic E-state index is 12.4. The van der Waals surface area contributed by atoms with Gasteiger partial charge in [-0.1, -0.05) is 28.1 Å². The number of benzene rings is 1. The number of aromatic amines is 1. The van der Waals surface area contributed by atoms with E-state index in [0.717, 1.165) is 4.47 Å². The van der Waals surface area contributed by atoms with Gasteiger partial charge in [-0.25, -0.2) is 4.79 Å². The molecule has 0 amide bonds. The summed E-state index contributed by atoms with van der Waals surface area (Å²) in [6, 6.07) is 6.96. The molecule has 0 unspecified atom stereocenters. The number of H-pyrrole nitrogens is 1. The predicted octanol–water partition coefficient (Wildman–Crippen LogP) is 3.78. The van der Waals surface area contributed by atoms with Gasteiger partial charge in [0, 0.05) is 15.7 Å². The normalized spacial score (nSPS) is 10.5. The fourth-order valence-electron chi connectivity index (χ4n) is 1.79. The van der Waals surface area contributed by atoms with Crippen molar-refractivity contribution in [3.8, 4) is 0 Å². The van der Waals surface area contributed by atoms with Gasteiger partial charge in [-0.3, -0.25) is 4.79 Å². The monoisotopic (exact) mass is 385 g/mol. The number of hydrogen-bond acceptors (Lipinski definition) is 2. The fraction of sp³-hybridized carbons (Fsp3) is 0.0769. The second kappa shape index (κ2) is 5.30. The first kappa shape index (κ1) is 14.0. The Morgan fingerprint density at radius 2 is 1.95 bits per heavy atom. The van der Waals surface area contributed by atoms with Crippen LogP contribution in [0.25, 0.3) is 0 Å². The third-order valence-electron chi connectivity index (χ3n) is 2.65. The number of halogens is 2. The quantitative estimate of drug-likeness (QED) is 0.788. The summed E-state index contributed by atoms with van der Waals surface area (Å²) in [4.78, 5) is 26.1. The van der Waals surface area contributed by atoms with Gasteiger partial charge in [0.1, 0.15) is 5.69 Å². The highest BCUT2D eigenvalue weighted by molar-refractivity contribution is 9.10. The molecule has 2 aromatic rings. The van der Waals surface area contributed by atoms with Gasteiger partial charge in [0.15, 0.2) is 5.78 Å². The second-order valence-electron chi connectivity index (χ2n) is 3.96. The number of carbonyl (C=O) groups excluding carboxylic acids is 1. The summed E-state index contributed by atoms with van der Waals surface area (Å²) < 4.78 is 1.07. The molecule has 0 radical (unpaired) electrons. The van der Waals surface area contributed by atoms with Crippen molar-refractivity contribution in [3.63, 3.8) is 0 Å². The van der Waals surface area contributed by atoms with Crippen molar-refractivity contribution in [3.05, 3.63) is 55.7 Å². The minimum absolute atomic E-state index is 0.0177. The van der Waals surface area contributed by atoms with E-state index in [9.17, 15) is 9.59 Å². The Hall–Kier alpha value is -1.40. The predicted molar refractivity (Wildman–Crippen MR) is 77.8 cm³/mol. The molecule has 0 bridgehead atoms. The van der Waals surface area contributed by atoms with Crippen LogP contribution < -0.4 is 0 Å². The molecule has 0 aliphatic heterocycles. The zero-order valence-electron chi connectivity index (χ0n) is 9.83. The van der Waals surface area contributed by atoms with E-state index in [4.69, 9.17) is 5.11 Å². The Kier molecular flexibility index (Phi) is 3.91. The van der Waals surface area contributed by atoms with E-state index in [-0.39, 0.29) is 15.9 Å². The lowest BCUT2D eigenvalue weighted by molar-refractivity contribution is 0.0690. The van der Waals surface area contributed by atoms with Gasteiger partial charge in [0.25, 0.3) is 0 Å². The van der Waals surface area contributed by atoms with E-state index in [1.807, 2.05) is 6.07 Å². The fourth-order valence-corrected chi connectivity index (χ4v) is 2.93. The van der Waals surface area contributed by atoms with Crippen LogP contribution in [0.5, 0.6) is 0 Å². The minimum atomic E-state index is -1.11. The van der Waals surface area contributed by atoms with Crippen LogP contribution in [0.1, 0.15) is 32.1 Å². The van der Waals surface area contributed by atoms with Gasteiger partial charge in [0.05, 0.1) is 10.0 Å². The molecule has 0 saturated carbocycles. The van der Waals surface area contributed by atoms with Crippen molar-refractivity contribution < 1.29 is 14.7 Å². The molecule has 1 aromatic carbocycles. The molecule has 0 aliphatic rings. The van der Waals surface area contributed by atoms with Gasteiger partial charge in [0.2, 0.25) is 0 Å². The number of carbonyl (C=O) groups is 2. The van der Waals surface area contributed by atoms with Crippen LogP contribution in [0.2, 0.25) is 0 Å². The Labute approximate surface area is 126 Å². The van der Waals surface area contributed by atoms with Gasteiger partial charge in [-0.05, 0) is 35.0 Å². The molecule has 0 aliphatic carbocycles. The molecule has 2 N–H and O–H groups in total. The maximum Gasteiger partial charge on any atom is 0.353 e. The number of hydrogen-bond donors (Lipinski definition) is 2. The maximum atomic E-state index is 12.4. The van der Waals surface area contributed by atoms with Crippen molar-refractivity contribution in [2.75, 3.05) is 0 Å². The van der Waals surface area contributed by atoms with Gasteiger partial charge >= 0.3 is 5.97 Å². The summed E-state index contributed by atoms with van der Waals surface area (Å²) in [5.41, 5.74) is 1.34. The molecule has 6 heteroatoms. The molecule has 0 spiro atoms. The number of nitrogens with one attached hydrogen (secondary N) is 1. The van der Waals surface area contributed by atoms with Crippen molar-refractivity contribution in [2.45, 2.75) is 6.92 Å². The Bertz CT molecular complexity index is 677. The molecule has 98 valence electrons. The van der Waals surface area contributed by atoms with E-state index < -0.39 is 5.97 Å². The standard InChI is InChI=1S/C13H9Br2NO3/c1-6-9(10(15)11(16-6)13(18)19)12(17)7-3-2-4-8(14)5-7/h2-5,16H,1H3,(H,18,19). The second-order valence-corrected chi connectivity index (χ2v) is 5.67. The van der Waals surface area contributed by atoms with Crippen LogP contribution in [-0.4, -0.2) is 21.8 Å². The summed E-state index contributed by atoms with van der Waals surface area (Å²) in [7, 11) is 0. The molecule has 0 atom stereocenters. The molecule has 4 nitrogen and oxygen atoms in total. The Balaban J connectivity index is 2.54. The lowest BCUT2D eigenvalue weighted by atomic mass is 10.0. The number of ketones is 1. The number of carboxylic acids is 1. The summed E-state index contributed by atoms with van der Waals surface area (Å²) in [6.45, 7) is 1.67. The lowest BCUT2D eigenvalue weighted by Gasteiger charge is -2.02. The zero-order chi connectivity index (χ0) is 14.2. The van der Waals surface area contributed by atoms with Crippen molar-refractivity contribution in [1.82, 2.24) is 4.98 Å². The number of aromatic nitrogens is 1. The van der Waals surface area contributed by atoms with Crippen LogP contribution in [0.3, 0.4) is 0 Å². The molecule has 0 fully saturated rings. The van der Waals surface area contributed by atoms with Gasteiger partial charge < -0.3 is 10.1 Å². The molecule has 19 heavy (non-hydrogen) atoms. The first-order chi connectivity index (χ1) is 8.91. The Morgan fingerprint density at radius 1 is 1.26 bits per heavy atom. The highest BCUT2D eigenvalue weighted by atomic mass is 79.9. The molecular weight excluding hydrogens is 378 g/mol. The molecule has 1 aromatic heterocycles. The van der Waals surface area contributed by atoms with Crippen LogP contribution in [0.4, 0.5) is 0 Å². The first-order valence-electron chi connectivity index (χ1n) is 5.33. The van der Waals surface area contributed by atoms with E-state index >= 15 is 0 Å². The highest BCUT2D eigenvalue weighted by Crippen LogP contribution is 2.28. The summed E-state index contributed by atoms with van der Waals surface area (Å²) >= 11 is 6.48. The first-order valence-corrected chi connectivity index (χ1v) is 6.92. The average molecular weight is 387 g/mol. The third-order valence-corrected chi connectivity index (χ3v) is 3.94. The SMILES string of the molecule is Cc1[nH]c(C(=O)O)c(Br)c1C(=O)c1cccc(Br)c1. The summed E-state index contributed by atoms with van der Waals surface area (Å²) in [6.07, 6.45) is 0. The van der Waals surface area contributed by atoms with Crippen LogP contribution in [-0.2, 0) is 0 Å². The molecular formula is C13H9Br2NO3. The number of rotatable bonds is 3. The minimum Gasteiger partial charge on any atom is -0.477 e. The largest absolute Gasteiger partial charge is 0.477 e. The zero-order valence-corrected chi connectivity index (χ0v) is 13.0. The summed E-state index contributed by atoms with van der Waals surface area (Å²) in [5.74, 6) is -1.34. The van der Waals surface area contributed by atoms with Crippen molar-refractivity contribution in [2.24, 2.45) is 0 Å². The Morgan fingerprint density at radius 3 is 2.47 bits per heavy atom. The number of carboxylic acid groups (broad SMARTS) is 1. The van der Waals surface area contributed by atoms with Crippen LogP contribution in [0.15, 0.2) is 33.2 Å². The topological polar surface area (TPSA) is 70.2 Å². The number of aromatic carboxylic acids is 1. The molecule has 0 saturated heterocycles.